The second-order valence-corrected chi connectivity index (χ2v) is 19.8. The fourth-order valence-corrected chi connectivity index (χ4v) is 8.89. The molecular formula is C43H42IrN2SSi-2. The first-order chi connectivity index (χ1) is 22.6. The van der Waals surface area contributed by atoms with E-state index in [0.717, 1.165) is 22.5 Å². The molecule has 2 nitrogen and oxygen atoms in total. The van der Waals surface area contributed by atoms with E-state index in [0.29, 0.717) is 11.8 Å². The molecule has 0 aliphatic heterocycles. The number of benzene rings is 4. The number of aromatic nitrogens is 2. The fourth-order valence-electron chi connectivity index (χ4n) is 5.96. The van der Waals surface area contributed by atoms with Gasteiger partial charge in [0.15, 0.2) is 0 Å². The third kappa shape index (κ3) is 7.77. The Balaban J connectivity index is 0.000000198. The molecule has 3 aromatic heterocycles. The largest absolute Gasteiger partial charge is 0.305 e. The smallest absolute Gasteiger partial charge is 0.0799 e. The fraction of sp³-hybridized carbons (Fsp3) is 0.209. The van der Waals surface area contributed by atoms with Gasteiger partial charge in [0.25, 0.3) is 0 Å². The van der Waals surface area contributed by atoms with Gasteiger partial charge in [-0.15, -0.1) is 59.7 Å². The first kappa shape index (κ1) is 35.6. The molecule has 0 unspecified atom stereocenters. The topological polar surface area (TPSA) is 25.8 Å². The minimum absolute atomic E-state index is 0. The van der Waals surface area contributed by atoms with Crippen molar-refractivity contribution in [2.75, 3.05) is 0 Å². The van der Waals surface area contributed by atoms with Crippen molar-refractivity contribution >= 4 is 44.8 Å². The van der Waals surface area contributed by atoms with E-state index in [9.17, 15) is 0 Å². The van der Waals surface area contributed by atoms with Gasteiger partial charge in [0.2, 0.25) is 0 Å². The maximum absolute atomic E-state index is 4.66. The number of hydrogen-bond acceptors (Lipinski definition) is 3. The Morgan fingerprint density at radius 1 is 0.667 bits per heavy atom. The Kier molecular flexibility index (Phi) is 11.3. The molecule has 1 radical (unpaired) electrons. The Morgan fingerprint density at radius 2 is 1.44 bits per heavy atom. The van der Waals surface area contributed by atoms with Crippen LogP contribution in [-0.4, -0.2) is 18.0 Å². The van der Waals surface area contributed by atoms with Crippen molar-refractivity contribution in [3.63, 3.8) is 0 Å². The molecule has 3 heterocycles. The summed E-state index contributed by atoms with van der Waals surface area (Å²) in [6.45, 7) is 16.1. The van der Waals surface area contributed by atoms with Crippen molar-refractivity contribution in [3.05, 3.63) is 139 Å². The minimum atomic E-state index is -1.34. The second kappa shape index (κ2) is 15.2. The van der Waals surface area contributed by atoms with Crippen molar-refractivity contribution in [3.8, 4) is 33.6 Å². The van der Waals surface area contributed by atoms with E-state index in [2.05, 4.69) is 154 Å². The van der Waals surface area contributed by atoms with E-state index in [1.54, 1.807) is 0 Å². The van der Waals surface area contributed by atoms with Crippen LogP contribution in [-0.2, 0) is 20.1 Å². The zero-order chi connectivity index (χ0) is 33.1. The predicted molar refractivity (Wildman–Crippen MR) is 207 cm³/mol. The molecule has 245 valence electrons. The molecule has 0 spiro atoms. The maximum Gasteiger partial charge on any atom is 0.0799 e. The van der Waals surface area contributed by atoms with Crippen molar-refractivity contribution in [1.29, 1.82) is 0 Å². The summed E-state index contributed by atoms with van der Waals surface area (Å²) >= 11 is 1.83. The Labute approximate surface area is 304 Å². The van der Waals surface area contributed by atoms with Crippen molar-refractivity contribution in [2.45, 2.75) is 59.2 Å². The summed E-state index contributed by atoms with van der Waals surface area (Å²) in [5, 5.41) is 4.06. The first-order valence-corrected chi connectivity index (χ1v) is 20.8. The zero-order valence-electron chi connectivity index (χ0n) is 28.8. The number of hydrogen-bond donors (Lipinski definition) is 0. The van der Waals surface area contributed by atoms with Gasteiger partial charge in [-0.3, -0.25) is 0 Å². The molecule has 0 aliphatic rings. The van der Waals surface area contributed by atoms with Gasteiger partial charge < -0.3 is 9.97 Å². The molecule has 48 heavy (non-hydrogen) atoms. The monoisotopic (exact) mass is 839 g/mol. The average molecular weight is 839 g/mol. The van der Waals surface area contributed by atoms with Crippen molar-refractivity contribution in [1.82, 2.24) is 9.97 Å². The molecule has 4 aromatic carbocycles. The second-order valence-electron chi connectivity index (χ2n) is 13.7. The summed E-state index contributed by atoms with van der Waals surface area (Å²) in [6.07, 6.45) is 4.01. The molecule has 5 heteroatoms. The summed E-state index contributed by atoms with van der Waals surface area (Å²) in [5.74, 6) is 1.02. The van der Waals surface area contributed by atoms with Crippen LogP contribution in [0.1, 0.15) is 50.7 Å². The number of nitrogens with zero attached hydrogens (tertiary/aromatic N) is 2. The van der Waals surface area contributed by atoms with E-state index in [1.807, 2.05) is 41.8 Å². The van der Waals surface area contributed by atoms with Crippen LogP contribution in [0.3, 0.4) is 0 Å². The van der Waals surface area contributed by atoms with E-state index in [-0.39, 0.29) is 20.1 Å². The van der Waals surface area contributed by atoms with E-state index < -0.39 is 8.07 Å². The molecule has 0 bridgehead atoms. The minimum Gasteiger partial charge on any atom is -0.305 e. The van der Waals surface area contributed by atoms with Gasteiger partial charge in [0.1, 0.15) is 0 Å². The van der Waals surface area contributed by atoms with Gasteiger partial charge >= 0.3 is 0 Å². The molecule has 0 N–H and O–H groups in total. The van der Waals surface area contributed by atoms with Gasteiger partial charge in [-0.1, -0.05) is 118 Å². The molecule has 0 atom stereocenters. The predicted octanol–water partition coefficient (Wildman–Crippen LogP) is 11.9. The van der Waals surface area contributed by atoms with Gasteiger partial charge in [-0.05, 0) is 61.8 Å². The van der Waals surface area contributed by atoms with Crippen LogP contribution in [0.5, 0.6) is 0 Å². The number of rotatable bonds is 6. The van der Waals surface area contributed by atoms with Crippen LogP contribution in [0.2, 0.25) is 19.6 Å². The van der Waals surface area contributed by atoms with Crippen molar-refractivity contribution < 1.29 is 20.1 Å². The molecule has 7 aromatic rings. The van der Waals surface area contributed by atoms with Crippen LogP contribution in [0.4, 0.5) is 0 Å². The molecule has 0 saturated carbocycles. The number of pyridine rings is 2. The Morgan fingerprint density at radius 3 is 2.12 bits per heavy atom. The van der Waals surface area contributed by atoms with E-state index >= 15 is 0 Å². The number of thiophene rings is 1. The van der Waals surface area contributed by atoms with Crippen LogP contribution in [0.25, 0.3) is 53.8 Å². The van der Waals surface area contributed by atoms with Gasteiger partial charge in [0, 0.05) is 37.2 Å². The molecule has 0 saturated heterocycles. The van der Waals surface area contributed by atoms with Gasteiger partial charge in [-0.2, -0.15) is 11.3 Å². The third-order valence-electron chi connectivity index (χ3n) is 8.60. The summed E-state index contributed by atoms with van der Waals surface area (Å²) in [7, 11) is -1.34. The molecular weight excluding hydrogens is 797 g/mol. The molecule has 7 rings (SSSR count). The van der Waals surface area contributed by atoms with Crippen LogP contribution >= 0.6 is 11.3 Å². The van der Waals surface area contributed by atoms with Crippen LogP contribution < -0.4 is 5.19 Å². The van der Waals surface area contributed by atoms with Crippen molar-refractivity contribution in [2.24, 2.45) is 0 Å². The maximum atomic E-state index is 4.66. The van der Waals surface area contributed by atoms with Gasteiger partial charge in [-0.25, -0.2) is 0 Å². The summed E-state index contributed by atoms with van der Waals surface area (Å²) < 4.78 is 2.56. The third-order valence-corrected chi connectivity index (χ3v) is 11.8. The average Bonchev–Trinajstić information content (AvgIpc) is 3.47. The van der Waals surface area contributed by atoms with Crippen LogP contribution in [0, 0.1) is 12.1 Å². The zero-order valence-corrected chi connectivity index (χ0v) is 33.0. The Hall–Kier alpha value is -3.73. The SMILES string of the molecule is CC(C)c1cc(-c2[c-]cccc2)ncc1[Si](C)(C)C.CC(C)c1ccnc(-c2[c-]ccc3c2sc2cc(-c4ccccc4)ccc23)c1.[Ir]. The first-order valence-electron chi connectivity index (χ1n) is 16.5. The quantitative estimate of drug-likeness (QED) is 0.123. The van der Waals surface area contributed by atoms with E-state index in [4.69, 9.17) is 0 Å². The molecule has 0 amide bonds. The standard InChI is InChI=1S/C26H20NS.C17H22NSi.Ir/c1-17(2)19-13-14-27-24(15-19)23-10-6-9-22-21-12-11-20(16-25(21)28-26(22)23)18-7-4-3-5-8-18;1-13(2)15-11-16(14-9-7-6-8-10-14)18-12-17(15)19(3,4)5;/h3-9,11-17H,1-2H3;6-9,11-13H,1-5H3;/q2*-1;. The summed E-state index contributed by atoms with van der Waals surface area (Å²) in [5.41, 5.74) is 9.47. The normalized spacial score (nSPS) is 11.4. The Bertz CT molecular complexity index is 2130. The van der Waals surface area contributed by atoms with Crippen LogP contribution in [0.15, 0.2) is 116 Å². The number of fused-ring (bicyclic) bond motifs is 3. The molecule has 0 aliphatic carbocycles. The summed E-state index contributed by atoms with van der Waals surface area (Å²) in [6, 6.07) is 42.8. The van der Waals surface area contributed by atoms with Gasteiger partial charge in [0.05, 0.1) is 8.07 Å². The van der Waals surface area contributed by atoms with E-state index in [1.165, 1.54) is 47.6 Å². The molecule has 0 fully saturated rings. The summed E-state index contributed by atoms with van der Waals surface area (Å²) in [4.78, 5) is 9.31.